The van der Waals surface area contributed by atoms with Crippen molar-refractivity contribution < 1.29 is 9.59 Å². The largest absolute Gasteiger partial charge is 0.351 e. The Labute approximate surface area is 144 Å². The second kappa shape index (κ2) is 7.36. The number of amides is 2. The first-order valence-corrected chi connectivity index (χ1v) is 8.98. The molecule has 1 fully saturated rings. The lowest BCUT2D eigenvalue weighted by Crippen LogP contribution is -2.33. The number of thioether (sulfide) groups is 1. The zero-order valence-electron chi connectivity index (χ0n) is 12.6. The van der Waals surface area contributed by atoms with Crippen LogP contribution in [0.2, 0.25) is 5.02 Å². The highest BCUT2D eigenvalue weighted by atomic mass is 35.5. The summed E-state index contributed by atoms with van der Waals surface area (Å²) in [4.78, 5) is 30.5. The van der Waals surface area contributed by atoms with Crippen LogP contribution in [0, 0.1) is 0 Å². The molecule has 1 saturated heterocycles. The summed E-state index contributed by atoms with van der Waals surface area (Å²) < 4.78 is 0. The molecule has 2 aliphatic heterocycles. The van der Waals surface area contributed by atoms with Gasteiger partial charge in [-0.1, -0.05) is 35.5 Å². The van der Waals surface area contributed by atoms with Gasteiger partial charge in [-0.3, -0.25) is 9.59 Å². The first-order chi connectivity index (χ1) is 11.1. The number of carbonyl (C=O) groups is 2. The second-order valence-corrected chi connectivity index (χ2v) is 7.20. The van der Waals surface area contributed by atoms with Crippen LogP contribution in [0.1, 0.15) is 25.7 Å². The molecule has 23 heavy (non-hydrogen) atoms. The number of rotatable bonds is 3. The van der Waals surface area contributed by atoms with Gasteiger partial charge in [0.2, 0.25) is 5.91 Å². The highest BCUT2D eigenvalue weighted by Gasteiger charge is 2.33. The Hall–Kier alpha value is -1.53. The fraction of sp³-hybridized carbons (Fsp3) is 0.438. The maximum Gasteiger partial charge on any atom is 0.262 e. The van der Waals surface area contributed by atoms with E-state index in [9.17, 15) is 9.59 Å². The monoisotopic (exact) mass is 351 g/mol. The van der Waals surface area contributed by atoms with E-state index in [2.05, 4.69) is 15.2 Å². The minimum Gasteiger partial charge on any atom is -0.351 e. The first-order valence-electron chi connectivity index (χ1n) is 7.72. The van der Waals surface area contributed by atoms with E-state index < -0.39 is 5.25 Å². The van der Waals surface area contributed by atoms with Gasteiger partial charge in [0.1, 0.15) is 5.25 Å². The molecule has 2 amide bonds. The fourth-order valence-corrected chi connectivity index (χ4v) is 3.96. The number of benzene rings is 1. The highest BCUT2D eigenvalue weighted by molar-refractivity contribution is 8.15. The molecule has 0 aliphatic carbocycles. The van der Waals surface area contributed by atoms with Gasteiger partial charge < -0.3 is 10.2 Å². The van der Waals surface area contributed by atoms with E-state index in [1.54, 1.807) is 24.3 Å². The normalized spacial score (nSPS) is 21.3. The van der Waals surface area contributed by atoms with Crippen molar-refractivity contribution in [2.45, 2.75) is 30.9 Å². The number of para-hydroxylation sites is 1. The van der Waals surface area contributed by atoms with Gasteiger partial charge in [0.15, 0.2) is 5.17 Å². The molecule has 0 saturated carbocycles. The Morgan fingerprint density at radius 3 is 2.78 bits per heavy atom. The molecule has 3 rings (SSSR count). The Bertz CT molecular complexity index is 644. The molecule has 0 spiro atoms. The SMILES string of the molecule is O=C(C[C@H]1SC(N2CCCCC2)=NC1=O)Nc1ccccc1Cl. The third-order valence-electron chi connectivity index (χ3n) is 3.87. The number of likely N-dealkylation sites (tertiary alicyclic amines) is 1. The van der Waals surface area contributed by atoms with Crippen molar-refractivity contribution in [1.82, 2.24) is 4.90 Å². The lowest BCUT2D eigenvalue weighted by atomic mass is 10.1. The lowest BCUT2D eigenvalue weighted by molar-refractivity contribution is -0.121. The van der Waals surface area contributed by atoms with Gasteiger partial charge in [0, 0.05) is 19.5 Å². The maximum absolute atomic E-state index is 12.1. The summed E-state index contributed by atoms with van der Waals surface area (Å²) in [6, 6.07) is 7.05. The fourth-order valence-electron chi connectivity index (χ4n) is 2.66. The molecule has 0 radical (unpaired) electrons. The zero-order valence-corrected chi connectivity index (χ0v) is 14.2. The van der Waals surface area contributed by atoms with Crippen molar-refractivity contribution in [3.05, 3.63) is 29.3 Å². The average Bonchev–Trinajstić information content (AvgIpc) is 2.91. The van der Waals surface area contributed by atoms with Crippen LogP contribution in [-0.2, 0) is 9.59 Å². The number of anilines is 1. The quantitative estimate of drug-likeness (QED) is 0.908. The van der Waals surface area contributed by atoms with E-state index in [4.69, 9.17) is 11.6 Å². The summed E-state index contributed by atoms with van der Waals surface area (Å²) in [6.07, 6.45) is 3.60. The summed E-state index contributed by atoms with van der Waals surface area (Å²) in [6.45, 7) is 1.88. The molecule has 7 heteroatoms. The van der Waals surface area contributed by atoms with Crippen LogP contribution in [-0.4, -0.2) is 40.2 Å². The van der Waals surface area contributed by atoms with Crippen molar-refractivity contribution in [2.24, 2.45) is 4.99 Å². The number of nitrogens with zero attached hydrogens (tertiary/aromatic N) is 2. The van der Waals surface area contributed by atoms with Crippen LogP contribution in [0.15, 0.2) is 29.3 Å². The number of amidine groups is 1. The maximum atomic E-state index is 12.1. The van der Waals surface area contributed by atoms with Gasteiger partial charge >= 0.3 is 0 Å². The van der Waals surface area contributed by atoms with Crippen LogP contribution in [0.3, 0.4) is 0 Å². The molecule has 122 valence electrons. The second-order valence-electron chi connectivity index (χ2n) is 5.62. The van der Waals surface area contributed by atoms with E-state index in [0.717, 1.165) is 31.1 Å². The summed E-state index contributed by atoms with van der Waals surface area (Å²) >= 11 is 7.42. The number of hydrogen-bond donors (Lipinski definition) is 1. The topological polar surface area (TPSA) is 61.8 Å². The molecule has 2 aliphatic rings. The summed E-state index contributed by atoms with van der Waals surface area (Å²) in [5.74, 6) is -0.441. The van der Waals surface area contributed by atoms with E-state index in [0.29, 0.717) is 10.7 Å². The minimum atomic E-state index is -0.436. The standard InChI is InChI=1S/C16H18ClN3O2S/c17-11-6-2-3-7-12(11)18-14(21)10-13-15(22)19-16(23-13)20-8-4-1-5-9-20/h2-3,6-7,13H,1,4-5,8-10H2,(H,18,21)/t13-/m1/s1. The van der Waals surface area contributed by atoms with Crippen LogP contribution in [0.5, 0.6) is 0 Å². The summed E-state index contributed by atoms with van der Waals surface area (Å²) in [5, 5.41) is 3.57. The molecule has 5 nitrogen and oxygen atoms in total. The van der Waals surface area contributed by atoms with Gasteiger partial charge in [0.05, 0.1) is 10.7 Å². The van der Waals surface area contributed by atoms with Gasteiger partial charge in [-0.25, -0.2) is 0 Å². The van der Waals surface area contributed by atoms with E-state index in [-0.39, 0.29) is 18.2 Å². The van der Waals surface area contributed by atoms with E-state index in [1.165, 1.54) is 18.2 Å². The van der Waals surface area contributed by atoms with E-state index in [1.807, 2.05) is 0 Å². The number of hydrogen-bond acceptors (Lipinski definition) is 4. The van der Waals surface area contributed by atoms with Crippen molar-refractivity contribution in [3.8, 4) is 0 Å². The van der Waals surface area contributed by atoms with Crippen molar-refractivity contribution >= 4 is 46.0 Å². The number of aliphatic imine (C=N–C) groups is 1. The van der Waals surface area contributed by atoms with Crippen LogP contribution in [0.25, 0.3) is 0 Å². The van der Waals surface area contributed by atoms with Crippen LogP contribution < -0.4 is 5.32 Å². The first kappa shape index (κ1) is 16.3. The Morgan fingerprint density at radius 1 is 1.30 bits per heavy atom. The van der Waals surface area contributed by atoms with Crippen molar-refractivity contribution in [2.75, 3.05) is 18.4 Å². The van der Waals surface area contributed by atoms with Crippen molar-refractivity contribution in [3.63, 3.8) is 0 Å². The number of carbonyl (C=O) groups excluding carboxylic acids is 2. The molecule has 1 atom stereocenters. The molecule has 1 N–H and O–H groups in total. The average molecular weight is 352 g/mol. The third-order valence-corrected chi connectivity index (χ3v) is 5.42. The molecular formula is C16H18ClN3O2S. The van der Waals surface area contributed by atoms with Gasteiger partial charge in [-0.05, 0) is 31.4 Å². The Morgan fingerprint density at radius 2 is 2.04 bits per heavy atom. The molecule has 0 bridgehead atoms. The number of piperidine rings is 1. The molecular weight excluding hydrogens is 334 g/mol. The van der Waals surface area contributed by atoms with Gasteiger partial charge in [-0.15, -0.1) is 0 Å². The van der Waals surface area contributed by atoms with Crippen LogP contribution >= 0.6 is 23.4 Å². The molecule has 1 aromatic carbocycles. The zero-order chi connectivity index (χ0) is 16.2. The smallest absolute Gasteiger partial charge is 0.262 e. The predicted molar refractivity (Wildman–Crippen MR) is 93.9 cm³/mol. The van der Waals surface area contributed by atoms with Gasteiger partial charge in [-0.2, -0.15) is 4.99 Å². The third kappa shape index (κ3) is 4.06. The minimum absolute atomic E-state index is 0.107. The Kier molecular flexibility index (Phi) is 5.23. The molecule has 0 aromatic heterocycles. The number of nitrogens with one attached hydrogen (secondary N) is 1. The highest BCUT2D eigenvalue weighted by Crippen LogP contribution is 2.29. The predicted octanol–water partition coefficient (Wildman–Crippen LogP) is 3.15. The van der Waals surface area contributed by atoms with Crippen LogP contribution in [0.4, 0.5) is 5.69 Å². The van der Waals surface area contributed by atoms with Crippen molar-refractivity contribution in [1.29, 1.82) is 0 Å². The lowest BCUT2D eigenvalue weighted by Gasteiger charge is -2.27. The molecule has 2 heterocycles. The summed E-state index contributed by atoms with van der Waals surface area (Å²) in [5.41, 5.74) is 0.562. The number of halogens is 1. The van der Waals surface area contributed by atoms with E-state index >= 15 is 0 Å². The molecule has 0 unspecified atom stereocenters. The summed E-state index contributed by atoms with van der Waals surface area (Å²) in [7, 11) is 0. The van der Waals surface area contributed by atoms with Gasteiger partial charge in [0.25, 0.3) is 5.91 Å². The Balaban J connectivity index is 1.56. The molecule has 1 aromatic rings.